The van der Waals surface area contributed by atoms with Crippen LogP contribution in [-0.4, -0.2) is 32.5 Å². The van der Waals surface area contributed by atoms with Gasteiger partial charge in [0.1, 0.15) is 12.2 Å². The molecule has 5 heteroatoms. The first-order chi connectivity index (χ1) is 7.20. The van der Waals surface area contributed by atoms with Gasteiger partial charge in [0.05, 0.1) is 12.6 Å². The quantitative estimate of drug-likeness (QED) is 0.739. The molecule has 15 heavy (non-hydrogen) atoms. The first-order valence-electron chi connectivity index (χ1n) is 5.45. The van der Waals surface area contributed by atoms with Crippen molar-refractivity contribution in [1.82, 2.24) is 14.8 Å². The molecule has 1 aromatic rings. The van der Waals surface area contributed by atoms with Gasteiger partial charge in [0.25, 0.3) is 0 Å². The molecule has 3 N–H and O–H groups in total. The van der Waals surface area contributed by atoms with E-state index in [0.29, 0.717) is 12.0 Å². The van der Waals surface area contributed by atoms with Crippen molar-refractivity contribution in [3.05, 3.63) is 12.2 Å². The average Bonchev–Trinajstić information content (AvgIpc) is 2.62. The molecule has 2 rings (SSSR count). The topological polar surface area (TPSA) is 77.0 Å². The fourth-order valence-electron chi connectivity index (χ4n) is 2.08. The molecule has 1 saturated carbocycles. The Bertz CT molecular complexity index is 319. The molecule has 0 bridgehead atoms. The predicted molar refractivity (Wildman–Crippen MR) is 56.2 cm³/mol. The molecule has 0 spiro atoms. The van der Waals surface area contributed by atoms with Crippen LogP contribution in [0, 0.1) is 5.92 Å². The molecule has 0 saturated heterocycles. The number of aliphatic hydroxyl groups excluding tert-OH is 1. The molecule has 0 amide bonds. The molecule has 1 aliphatic carbocycles. The lowest BCUT2D eigenvalue weighted by Crippen LogP contribution is -2.37. The minimum absolute atomic E-state index is 0.0590. The summed E-state index contributed by atoms with van der Waals surface area (Å²) in [6, 6.07) is 0.436. The van der Waals surface area contributed by atoms with Gasteiger partial charge in [-0.15, -0.1) is 10.2 Å². The summed E-state index contributed by atoms with van der Waals surface area (Å²) in [6.07, 6.45) is 4.79. The van der Waals surface area contributed by atoms with E-state index in [1.54, 1.807) is 6.33 Å². The number of hydrogen-bond donors (Lipinski definition) is 2. The predicted octanol–water partition coefficient (Wildman–Crippen LogP) is 0.111. The summed E-state index contributed by atoms with van der Waals surface area (Å²) < 4.78 is 1.95. The first kappa shape index (κ1) is 10.6. The van der Waals surface area contributed by atoms with Crippen LogP contribution in [0.25, 0.3) is 0 Å². The van der Waals surface area contributed by atoms with Crippen LogP contribution in [-0.2, 0) is 6.42 Å². The Morgan fingerprint density at radius 3 is 3.00 bits per heavy atom. The number of nitrogens with zero attached hydrogens (tertiary/aromatic N) is 3. The van der Waals surface area contributed by atoms with Gasteiger partial charge >= 0.3 is 0 Å². The number of hydrogen-bond acceptors (Lipinski definition) is 4. The molecule has 0 radical (unpaired) electrons. The second kappa shape index (κ2) is 4.28. The summed E-state index contributed by atoms with van der Waals surface area (Å²) in [5, 5.41) is 17.1. The summed E-state index contributed by atoms with van der Waals surface area (Å²) >= 11 is 0. The van der Waals surface area contributed by atoms with Crippen molar-refractivity contribution < 1.29 is 5.11 Å². The summed E-state index contributed by atoms with van der Waals surface area (Å²) in [7, 11) is 0. The van der Waals surface area contributed by atoms with Gasteiger partial charge in [-0.25, -0.2) is 0 Å². The van der Waals surface area contributed by atoms with Gasteiger partial charge in [0.2, 0.25) is 0 Å². The van der Waals surface area contributed by atoms with Crippen LogP contribution in [0.2, 0.25) is 0 Å². The fourth-order valence-corrected chi connectivity index (χ4v) is 2.08. The van der Waals surface area contributed by atoms with E-state index in [1.165, 1.54) is 0 Å². The maximum atomic E-state index is 9.08. The SMILES string of the molecule is CC(CO)n1cnnc1CC1CC(N)C1. The Labute approximate surface area is 89.3 Å². The van der Waals surface area contributed by atoms with Crippen LogP contribution in [0.1, 0.15) is 31.6 Å². The summed E-state index contributed by atoms with van der Waals surface area (Å²) in [5.41, 5.74) is 5.74. The first-order valence-corrected chi connectivity index (χ1v) is 5.45. The second-order valence-electron chi connectivity index (χ2n) is 4.49. The maximum absolute atomic E-state index is 9.08. The molecule has 1 fully saturated rings. The second-order valence-corrected chi connectivity index (χ2v) is 4.49. The third-order valence-electron chi connectivity index (χ3n) is 3.13. The molecular weight excluding hydrogens is 192 g/mol. The van der Waals surface area contributed by atoms with Crippen LogP contribution in [0.3, 0.4) is 0 Å². The average molecular weight is 210 g/mol. The summed E-state index contributed by atoms with van der Waals surface area (Å²) in [4.78, 5) is 0. The number of rotatable bonds is 4. The highest BCUT2D eigenvalue weighted by molar-refractivity contribution is 4.95. The van der Waals surface area contributed by atoms with Crippen molar-refractivity contribution in [2.24, 2.45) is 11.7 Å². The highest BCUT2D eigenvalue weighted by Crippen LogP contribution is 2.28. The lowest BCUT2D eigenvalue weighted by atomic mass is 9.78. The Morgan fingerprint density at radius 1 is 1.67 bits per heavy atom. The largest absolute Gasteiger partial charge is 0.394 e. The lowest BCUT2D eigenvalue weighted by molar-refractivity contribution is 0.226. The van der Waals surface area contributed by atoms with Crippen molar-refractivity contribution in [1.29, 1.82) is 0 Å². The summed E-state index contributed by atoms with van der Waals surface area (Å²) in [6.45, 7) is 2.08. The highest BCUT2D eigenvalue weighted by Gasteiger charge is 2.27. The van der Waals surface area contributed by atoms with Crippen LogP contribution in [0.4, 0.5) is 0 Å². The Kier molecular flexibility index (Phi) is 3.02. The Balaban J connectivity index is 1.99. The Hall–Kier alpha value is -0.940. The molecule has 1 unspecified atom stereocenters. The van der Waals surface area contributed by atoms with Crippen LogP contribution < -0.4 is 5.73 Å². The third-order valence-corrected chi connectivity index (χ3v) is 3.13. The van der Waals surface area contributed by atoms with Crippen molar-refractivity contribution in [2.45, 2.75) is 38.3 Å². The van der Waals surface area contributed by atoms with E-state index in [9.17, 15) is 0 Å². The number of aliphatic hydroxyl groups is 1. The van der Waals surface area contributed by atoms with Gasteiger partial charge in [-0.1, -0.05) is 0 Å². The van der Waals surface area contributed by atoms with Gasteiger partial charge in [-0.2, -0.15) is 0 Å². The molecule has 0 aromatic carbocycles. The van der Waals surface area contributed by atoms with Gasteiger partial charge in [0.15, 0.2) is 0 Å². The van der Waals surface area contributed by atoms with Gasteiger partial charge in [-0.05, 0) is 25.7 Å². The van der Waals surface area contributed by atoms with E-state index >= 15 is 0 Å². The van der Waals surface area contributed by atoms with E-state index in [1.807, 2.05) is 11.5 Å². The normalized spacial score (nSPS) is 27.4. The zero-order valence-corrected chi connectivity index (χ0v) is 9.00. The standard InChI is InChI=1S/C10H18N4O/c1-7(5-15)14-6-12-13-10(14)4-8-2-9(11)3-8/h6-9,15H,2-5,11H2,1H3. The molecule has 1 aromatic heterocycles. The number of nitrogens with two attached hydrogens (primary N) is 1. The minimum Gasteiger partial charge on any atom is -0.394 e. The van der Waals surface area contributed by atoms with Crippen molar-refractivity contribution in [3.63, 3.8) is 0 Å². The van der Waals surface area contributed by atoms with E-state index in [0.717, 1.165) is 25.1 Å². The minimum atomic E-state index is 0.0590. The Morgan fingerprint density at radius 2 is 2.40 bits per heavy atom. The number of aromatic nitrogens is 3. The summed E-state index contributed by atoms with van der Waals surface area (Å²) in [5.74, 6) is 1.61. The van der Waals surface area contributed by atoms with E-state index in [-0.39, 0.29) is 12.6 Å². The van der Waals surface area contributed by atoms with E-state index in [4.69, 9.17) is 10.8 Å². The van der Waals surface area contributed by atoms with Crippen molar-refractivity contribution in [2.75, 3.05) is 6.61 Å². The molecule has 1 atom stereocenters. The molecule has 1 aliphatic rings. The van der Waals surface area contributed by atoms with Gasteiger partial charge in [0, 0.05) is 12.5 Å². The van der Waals surface area contributed by atoms with Crippen LogP contribution in [0.5, 0.6) is 0 Å². The smallest absolute Gasteiger partial charge is 0.133 e. The van der Waals surface area contributed by atoms with Crippen LogP contribution in [0.15, 0.2) is 6.33 Å². The molecule has 1 heterocycles. The molecule has 0 aliphatic heterocycles. The van der Waals surface area contributed by atoms with Crippen molar-refractivity contribution in [3.8, 4) is 0 Å². The lowest BCUT2D eigenvalue weighted by Gasteiger charge is -2.32. The highest BCUT2D eigenvalue weighted by atomic mass is 16.3. The fraction of sp³-hybridized carbons (Fsp3) is 0.800. The maximum Gasteiger partial charge on any atom is 0.133 e. The third kappa shape index (κ3) is 2.18. The van der Waals surface area contributed by atoms with Crippen LogP contribution >= 0.6 is 0 Å². The zero-order chi connectivity index (χ0) is 10.8. The van der Waals surface area contributed by atoms with E-state index < -0.39 is 0 Å². The van der Waals surface area contributed by atoms with Gasteiger partial charge < -0.3 is 15.4 Å². The van der Waals surface area contributed by atoms with Crippen molar-refractivity contribution >= 4 is 0 Å². The van der Waals surface area contributed by atoms with Gasteiger partial charge in [-0.3, -0.25) is 0 Å². The van der Waals surface area contributed by atoms with E-state index in [2.05, 4.69) is 10.2 Å². The zero-order valence-electron chi connectivity index (χ0n) is 9.00. The monoisotopic (exact) mass is 210 g/mol. The molecule has 5 nitrogen and oxygen atoms in total. The molecular formula is C10H18N4O. The molecule has 84 valence electrons.